The summed E-state index contributed by atoms with van der Waals surface area (Å²) in [7, 11) is 0. The molecule has 2 heterocycles. The Hall–Kier alpha value is -2.93. The fourth-order valence-corrected chi connectivity index (χ4v) is 4.83. The number of fused-ring (bicyclic) bond motifs is 2. The Balaban J connectivity index is 1.60. The number of aryl methyl sites for hydroxylation is 1. The number of hydrogen-bond acceptors (Lipinski definition) is 3. The zero-order valence-electron chi connectivity index (χ0n) is 18.2. The van der Waals surface area contributed by atoms with E-state index in [2.05, 4.69) is 36.6 Å². The molecule has 0 saturated carbocycles. The Labute approximate surface area is 214 Å². The van der Waals surface area contributed by atoms with Crippen molar-refractivity contribution in [2.75, 3.05) is 0 Å². The second-order valence-corrected chi connectivity index (χ2v) is 9.63. The van der Waals surface area contributed by atoms with Crippen LogP contribution in [0.5, 0.6) is 0 Å². The molecule has 0 aliphatic heterocycles. The molecule has 0 spiro atoms. The molecule has 0 unspecified atom stereocenters. The second kappa shape index (κ2) is 9.37. The molecule has 34 heavy (non-hydrogen) atoms. The summed E-state index contributed by atoms with van der Waals surface area (Å²) in [5.74, 6) is 0.604. The van der Waals surface area contributed by atoms with Gasteiger partial charge in [-0.15, -0.1) is 0 Å². The first kappa shape index (κ1) is 22.8. The number of rotatable bonds is 5. The Kier molecular flexibility index (Phi) is 6.30. The quantitative estimate of drug-likeness (QED) is 0.222. The first-order valence-electron chi connectivity index (χ1n) is 10.7. The number of nitrogens with zero attached hydrogens (tertiary/aromatic N) is 4. The van der Waals surface area contributed by atoms with Crippen LogP contribution in [-0.4, -0.2) is 20.4 Å². The third-order valence-electron chi connectivity index (χ3n) is 5.68. The van der Waals surface area contributed by atoms with E-state index in [4.69, 9.17) is 23.2 Å². The molecule has 0 amide bonds. The number of hydrogen-bond donors (Lipinski definition) is 0. The van der Waals surface area contributed by atoms with E-state index in [-0.39, 0.29) is 5.56 Å². The number of aromatic nitrogens is 3. The molecule has 5 nitrogen and oxygen atoms in total. The van der Waals surface area contributed by atoms with Gasteiger partial charge in [-0.1, -0.05) is 70.3 Å². The Morgan fingerprint density at radius 3 is 2.68 bits per heavy atom. The Morgan fingerprint density at radius 2 is 1.88 bits per heavy atom. The monoisotopic (exact) mass is 552 g/mol. The van der Waals surface area contributed by atoms with Crippen LogP contribution in [-0.2, 0) is 13.0 Å². The van der Waals surface area contributed by atoms with Gasteiger partial charge in [-0.2, -0.15) is 9.78 Å². The van der Waals surface area contributed by atoms with E-state index in [0.717, 1.165) is 26.5 Å². The van der Waals surface area contributed by atoms with Gasteiger partial charge in [-0.3, -0.25) is 4.79 Å². The predicted molar refractivity (Wildman–Crippen MR) is 144 cm³/mol. The van der Waals surface area contributed by atoms with E-state index in [1.807, 2.05) is 55.6 Å². The summed E-state index contributed by atoms with van der Waals surface area (Å²) in [6.07, 6.45) is 4.31. The van der Waals surface area contributed by atoms with Crippen molar-refractivity contribution in [1.82, 2.24) is 14.2 Å². The maximum atomic E-state index is 13.2. The van der Waals surface area contributed by atoms with Crippen molar-refractivity contribution in [3.63, 3.8) is 0 Å². The van der Waals surface area contributed by atoms with Crippen LogP contribution in [0, 0.1) is 0 Å². The lowest BCUT2D eigenvalue weighted by Crippen LogP contribution is -2.22. The van der Waals surface area contributed by atoms with Crippen molar-refractivity contribution in [2.45, 2.75) is 19.9 Å². The minimum atomic E-state index is -0.198. The molecule has 2 aromatic heterocycles. The molecule has 0 aliphatic carbocycles. The fourth-order valence-electron chi connectivity index (χ4n) is 4.00. The van der Waals surface area contributed by atoms with Crippen molar-refractivity contribution in [3.8, 4) is 0 Å². The van der Waals surface area contributed by atoms with Gasteiger partial charge in [-0.05, 0) is 42.0 Å². The van der Waals surface area contributed by atoms with Crippen molar-refractivity contribution in [1.29, 1.82) is 0 Å². The van der Waals surface area contributed by atoms with Crippen molar-refractivity contribution < 1.29 is 0 Å². The van der Waals surface area contributed by atoms with Crippen LogP contribution in [0.3, 0.4) is 0 Å². The van der Waals surface area contributed by atoms with Crippen LogP contribution in [0.1, 0.15) is 23.9 Å². The van der Waals surface area contributed by atoms with Gasteiger partial charge in [0.2, 0.25) is 0 Å². The zero-order valence-corrected chi connectivity index (χ0v) is 21.3. The standard InChI is InChI=1S/C26H19BrCl2N4O/c1-2-25-31-23-10-8-18(27)11-21(23)26(34)33(25)30-13-17-15-32(24-6-4-3-5-20(17)24)14-16-7-9-19(28)12-22(16)29/h3-13,15H,2,14H2,1H3. The first-order chi connectivity index (χ1) is 16.4. The normalized spacial score (nSPS) is 11.8. The lowest BCUT2D eigenvalue weighted by Gasteiger charge is -2.08. The number of benzene rings is 3. The third-order valence-corrected chi connectivity index (χ3v) is 6.76. The third kappa shape index (κ3) is 4.29. The molecule has 0 atom stereocenters. The summed E-state index contributed by atoms with van der Waals surface area (Å²) >= 11 is 15.9. The van der Waals surface area contributed by atoms with Gasteiger partial charge in [0, 0.05) is 50.1 Å². The molecule has 0 saturated heterocycles. The van der Waals surface area contributed by atoms with E-state index in [1.54, 1.807) is 18.3 Å². The summed E-state index contributed by atoms with van der Waals surface area (Å²) in [6.45, 7) is 2.54. The minimum absolute atomic E-state index is 0.198. The molecule has 0 N–H and O–H groups in total. The average molecular weight is 554 g/mol. The van der Waals surface area contributed by atoms with Crippen LogP contribution in [0.2, 0.25) is 10.0 Å². The largest absolute Gasteiger partial charge is 0.342 e. The lowest BCUT2D eigenvalue weighted by molar-refractivity contribution is 0.734. The first-order valence-corrected chi connectivity index (χ1v) is 12.3. The van der Waals surface area contributed by atoms with E-state index < -0.39 is 0 Å². The summed E-state index contributed by atoms with van der Waals surface area (Å²) < 4.78 is 4.32. The topological polar surface area (TPSA) is 52.2 Å². The van der Waals surface area contributed by atoms with Gasteiger partial charge >= 0.3 is 0 Å². The zero-order chi connectivity index (χ0) is 23.8. The summed E-state index contributed by atoms with van der Waals surface area (Å²) in [6, 6.07) is 19.1. The van der Waals surface area contributed by atoms with Gasteiger partial charge in [-0.25, -0.2) is 4.98 Å². The van der Waals surface area contributed by atoms with Crippen molar-refractivity contribution in [2.24, 2.45) is 5.10 Å². The highest BCUT2D eigenvalue weighted by molar-refractivity contribution is 9.10. The van der Waals surface area contributed by atoms with Crippen LogP contribution in [0.15, 0.2) is 81.2 Å². The molecule has 0 bridgehead atoms. The molecule has 5 rings (SSSR count). The maximum absolute atomic E-state index is 13.2. The van der Waals surface area contributed by atoms with Crippen molar-refractivity contribution in [3.05, 3.63) is 109 Å². The van der Waals surface area contributed by atoms with E-state index in [1.165, 1.54) is 4.68 Å². The number of para-hydroxylation sites is 1. The Bertz CT molecular complexity index is 1640. The molecule has 0 radical (unpaired) electrons. The average Bonchev–Trinajstić information content (AvgIpc) is 3.18. The van der Waals surface area contributed by atoms with Crippen LogP contribution < -0.4 is 5.56 Å². The molecule has 8 heteroatoms. The highest BCUT2D eigenvalue weighted by Crippen LogP contribution is 2.26. The smallest absolute Gasteiger partial charge is 0.282 e. The molecular weight excluding hydrogens is 535 g/mol. The predicted octanol–water partition coefficient (Wildman–Crippen LogP) is 6.91. The molecule has 0 fully saturated rings. The Morgan fingerprint density at radius 1 is 1.06 bits per heavy atom. The second-order valence-electron chi connectivity index (χ2n) is 7.87. The van der Waals surface area contributed by atoms with E-state index in [9.17, 15) is 4.79 Å². The molecular formula is C26H19BrCl2N4O. The fraction of sp³-hybridized carbons (Fsp3) is 0.115. The van der Waals surface area contributed by atoms with Crippen molar-refractivity contribution >= 4 is 67.2 Å². The van der Waals surface area contributed by atoms with Gasteiger partial charge < -0.3 is 4.57 Å². The van der Waals surface area contributed by atoms with Crippen LogP contribution in [0.25, 0.3) is 21.8 Å². The highest BCUT2D eigenvalue weighted by atomic mass is 79.9. The highest BCUT2D eigenvalue weighted by Gasteiger charge is 2.12. The van der Waals surface area contributed by atoms with Gasteiger partial charge in [0.05, 0.1) is 17.1 Å². The van der Waals surface area contributed by atoms with Crippen LogP contribution in [0.4, 0.5) is 0 Å². The van der Waals surface area contributed by atoms with Gasteiger partial charge in [0.15, 0.2) is 0 Å². The van der Waals surface area contributed by atoms with E-state index in [0.29, 0.717) is 39.7 Å². The van der Waals surface area contributed by atoms with Gasteiger partial charge in [0.1, 0.15) is 5.82 Å². The molecule has 5 aromatic rings. The molecule has 170 valence electrons. The maximum Gasteiger partial charge on any atom is 0.282 e. The van der Waals surface area contributed by atoms with Gasteiger partial charge in [0.25, 0.3) is 5.56 Å². The summed E-state index contributed by atoms with van der Waals surface area (Å²) in [4.78, 5) is 17.9. The number of halogens is 3. The van der Waals surface area contributed by atoms with Crippen LogP contribution >= 0.6 is 39.1 Å². The summed E-state index contributed by atoms with van der Waals surface area (Å²) in [5.41, 5.74) is 3.36. The molecule has 3 aromatic carbocycles. The van der Waals surface area contributed by atoms with E-state index >= 15 is 0 Å². The SMILES string of the molecule is CCc1nc2ccc(Br)cc2c(=O)n1N=Cc1cn(Cc2ccc(Cl)cc2Cl)c2ccccc12. The molecule has 0 aliphatic rings. The lowest BCUT2D eigenvalue weighted by atomic mass is 10.2. The summed E-state index contributed by atoms with van der Waals surface area (Å²) in [5, 5.41) is 7.34. The minimum Gasteiger partial charge on any atom is -0.342 e.